The molecule has 5 aromatic rings. The summed E-state index contributed by atoms with van der Waals surface area (Å²) in [6, 6.07) is 30.6. The molecule has 0 fully saturated rings. The third-order valence-corrected chi connectivity index (χ3v) is 5.60. The maximum atomic E-state index is 13.2. The second kappa shape index (κ2) is 5.61. The summed E-state index contributed by atoms with van der Waals surface area (Å²) in [7, 11) is 0. The Hall–Kier alpha value is -3.78. The van der Waals surface area contributed by atoms with E-state index in [4.69, 9.17) is 4.99 Å². The van der Waals surface area contributed by atoms with Crippen molar-refractivity contribution in [2.45, 2.75) is 0 Å². The number of hydrogen-bond acceptors (Lipinski definition) is 2. The van der Waals surface area contributed by atoms with Crippen molar-refractivity contribution in [3.8, 4) is 0 Å². The number of fused-ring (bicyclic) bond motifs is 3. The van der Waals surface area contributed by atoms with Gasteiger partial charge in [-0.2, -0.15) is 0 Å². The molecule has 0 amide bonds. The topological polar surface area (TPSA) is 29.4 Å². The summed E-state index contributed by atoms with van der Waals surface area (Å²) < 4.78 is 0. The minimum atomic E-state index is 0.00374. The van der Waals surface area contributed by atoms with Crippen molar-refractivity contribution in [1.82, 2.24) is 0 Å². The highest BCUT2D eigenvalue weighted by molar-refractivity contribution is 6.59. The van der Waals surface area contributed by atoms with Gasteiger partial charge in [-0.05, 0) is 27.6 Å². The van der Waals surface area contributed by atoms with Crippen molar-refractivity contribution in [3.63, 3.8) is 0 Å². The van der Waals surface area contributed by atoms with E-state index in [1.165, 1.54) is 5.39 Å². The lowest BCUT2D eigenvalue weighted by Crippen LogP contribution is -2.08. The summed E-state index contributed by atoms with van der Waals surface area (Å²) in [6.45, 7) is 0. The number of benzene rings is 5. The lowest BCUT2D eigenvalue weighted by Gasteiger charge is -2.08. The highest BCUT2D eigenvalue weighted by atomic mass is 16.1. The van der Waals surface area contributed by atoms with Gasteiger partial charge in [0, 0.05) is 21.9 Å². The average molecular weight is 357 g/mol. The standard InChI is InChI=1S/C26H15NO/c28-26-22-14-6-9-16-8-5-13-21(24(16)22)25(26)27-23-15-17-7-1-2-10-18(17)19-11-3-4-12-20(19)23/h1-15H. The number of carbonyl (C=O) groups is 1. The Balaban J connectivity index is 1.69. The van der Waals surface area contributed by atoms with Gasteiger partial charge < -0.3 is 0 Å². The molecule has 0 saturated carbocycles. The van der Waals surface area contributed by atoms with Crippen LogP contribution in [0.2, 0.25) is 0 Å². The van der Waals surface area contributed by atoms with E-state index in [0.29, 0.717) is 5.71 Å². The summed E-state index contributed by atoms with van der Waals surface area (Å²) in [6.07, 6.45) is 0. The Labute approximate surface area is 161 Å². The summed E-state index contributed by atoms with van der Waals surface area (Å²) in [5, 5.41) is 6.63. The molecule has 6 rings (SSSR count). The van der Waals surface area contributed by atoms with Crippen LogP contribution in [-0.4, -0.2) is 11.5 Å². The Morgan fingerprint density at radius 3 is 2.04 bits per heavy atom. The van der Waals surface area contributed by atoms with Gasteiger partial charge in [0.15, 0.2) is 0 Å². The van der Waals surface area contributed by atoms with Gasteiger partial charge in [-0.15, -0.1) is 0 Å². The molecule has 0 atom stereocenters. The predicted molar refractivity (Wildman–Crippen MR) is 116 cm³/mol. The van der Waals surface area contributed by atoms with E-state index < -0.39 is 0 Å². The molecule has 5 aromatic carbocycles. The van der Waals surface area contributed by atoms with E-state index in [1.807, 2.05) is 54.6 Å². The zero-order valence-electron chi connectivity index (χ0n) is 15.0. The minimum absolute atomic E-state index is 0.00374. The SMILES string of the molecule is O=C1C(=Nc2cc3ccccc3c3ccccc23)c2cccc3cccc1c23. The molecule has 0 bridgehead atoms. The molecule has 0 unspecified atom stereocenters. The molecule has 1 aliphatic carbocycles. The van der Waals surface area contributed by atoms with Crippen LogP contribution in [0, 0.1) is 0 Å². The van der Waals surface area contributed by atoms with E-state index in [0.717, 1.165) is 43.7 Å². The van der Waals surface area contributed by atoms with Crippen LogP contribution in [0.25, 0.3) is 32.3 Å². The Bertz CT molecular complexity index is 1470. The van der Waals surface area contributed by atoms with Crippen molar-refractivity contribution in [2.24, 2.45) is 4.99 Å². The van der Waals surface area contributed by atoms with Gasteiger partial charge >= 0.3 is 0 Å². The quantitative estimate of drug-likeness (QED) is 0.316. The Morgan fingerprint density at radius 2 is 1.21 bits per heavy atom. The fraction of sp³-hybridized carbons (Fsp3) is 0. The van der Waals surface area contributed by atoms with Gasteiger partial charge in [-0.25, -0.2) is 4.99 Å². The van der Waals surface area contributed by atoms with E-state index in [2.05, 4.69) is 36.4 Å². The smallest absolute Gasteiger partial charge is 0.212 e. The highest BCUT2D eigenvalue weighted by Crippen LogP contribution is 2.36. The van der Waals surface area contributed by atoms with Gasteiger partial charge in [0.05, 0.1) is 5.69 Å². The van der Waals surface area contributed by atoms with Crippen molar-refractivity contribution in [3.05, 3.63) is 102 Å². The normalized spacial score (nSPS) is 14.6. The van der Waals surface area contributed by atoms with Gasteiger partial charge in [0.1, 0.15) is 5.71 Å². The van der Waals surface area contributed by atoms with Crippen LogP contribution in [0.1, 0.15) is 15.9 Å². The fourth-order valence-corrected chi connectivity index (χ4v) is 4.34. The second-order valence-corrected chi connectivity index (χ2v) is 7.16. The Morgan fingerprint density at radius 1 is 0.571 bits per heavy atom. The predicted octanol–water partition coefficient (Wildman–Crippen LogP) is 6.46. The number of ketones is 1. The lowest BCUT2D eigenvalue weighted by molar-refractivity contribution is 0.107. The number of carbonyl (C=O) groups excluding carboxylic acids is 1. The van der Waals surface area contributed by atoms with Crippen molar-refractivity contribution in [1.29, 1.82) is 0 Å². The third kappa shape index (κ3) is 2.03. The molecule has 0 radical (unpaired) electrons. The Kier molecular flexibility index (Phi) is 3.06. The number of nitrogens with zero attached hydrogens (tertiary/aromatic N) is 1. The molecule has 0 spiro atoms. The van der Waals surface area contributed by atoms with Crippen LogP contribution in [-0.2, 0) is 0 Å². The zero-order valence-corrected chi connectivity index (χ0v) is 15.0. The average Bonchev–Trinajstić information content (AvgIpc) is 3.02. The molecule has 2 heteroatoms. The van der Waals surface area contributed by atoms with E-state index >= 15 is 0 Å². The molecule has 0 aromatic heterocycles. The van der Waals surface area contributed by atoms with Crippen LogP contribution in [0.5, 0.6) is 0 Å². The maximum Gasteiger partial charge on any atom is 0.212 e. The van der Waals surface area contributed by atoms with Crippen molar-refractivity contribution < 1.29 is 4.79 Å². The first-order chi connectivity index (χ1) is 13.8. The van der Waals surface area contributed by atoms with Crippen molar-refractivity contribution in [2.75, 3.05) is 0 Å². The second-order valence-electron chi connectivity index (χ2n) is 7.16. The summed E-state index contributed by atoms with van der Waals surface area (Å²) >= 11 is 0. The molecule has 0 saturated heterocycles. The molecular formula is C26H15NO. The summed E-state index contributed by atoms with van der Waals surface area (Å²) in [4.78, 5) is 18.1. The van der Waals surface area contributed by atoms with Gasteiger partial charge in [0.25, 0.3) is 0 Å². The van der Waals surface area contributed by atoms with Crippen LogP contribution < -0.4 is 0 Å². The number of aliphatic imine (C=N–C) groups is 1. The molecule has 0 N–H and O–H groups in total. The van der Waals surface area contributed by atoms with Gasteiger partial charge in [-0.3, -0.25) is 4.79 Å². The van der Waals surface area contributed by atoms with Gasteiger partial charge in [0.2, 0.25) is 5.78 Å². The van der Waals surface area contributed by atoms with Crippen LogP contribution in [0.15, 0.2) is 96.0 Å². The summed E-state index contributed by atoms with van der Waals surface area (Å²) in [5.41, 5.74) is 3.04. The lowest BCUT2D eigenvalue weighted by atomic mass is 10.00. The van der Waals surface area contributed by atoms with Crippen LogP contribution in [0.3, 0.4) is 0 Å². The number of Topliss-reactive ketones (excluding diaryl/α,β-unsaturated/α-hetero) is 1. The largest absolute Gasteiger partial charge is 0.287 e. The van der Waals surface area contributed by atoms with E-state index in [-0.39, 0.29) is 5.78 Å². The van der Waals surface area contributed by atoms with Gasteiger partial charge in [-0.1, -0.05) is 84.9 Å². The maximum absolute atomic E-state index is 13.2. The van der Waals surface area contributed by atoms with E-state index in [9.17, 15) is 4.79 Å². The monoisotopic (exact) mass is 357 g/mol. The highest BCUT2D eigenvalue weighted by Gasteiger charge is 2.28. The number of rotatable bonds is 1. The molecule has 0 heterocycles. The first-order valence-corrected chi connectivity index (χ1v) is 9.37. The molecule has 0 aliphatic heterocycles. The first-order valence-electron chi connectivity index (χ1n) is 9.37. The molecule has 1 aliphatic rings. The molecule has 2 nitrogen and oxygen atoms in total. The van der Waals surface area contributed by atoms with E-state index in [1.54, 1.807) is 0 Å². The van der Waals surface area contributed by atoms with Crippen LogP contribution in [0.4, 0.5) is 5.69 Å². The number of hydrogen-bond donors (Lipinski definition) is 0. The molecule has 130 valence electrons. The van der Waals surface area contributed by atoms with Crippen molar-refractivity contribution >= 4 is 49.5 Å². The zero-order chi connectivity index (χ0) is 18.7. The minimum Gasteiger partial charge on any atom is -0.287 e. The third-order valence-electron chi connectivity index (χ3n) is 5.60. The van der Waals surface area contributed by atoms with Crippen LogP contribution >= 0.6 is 0 Å². The molecule has 28 heavy (non-hydrogen) atoms. The first kappa shape index (κ1) is 15.3. The summed E-state index contributed by atoms with van der Waals surface area (Å²) in [5.74, 6) is 0.00374. The fourth-order valence-electron chi connectivity index (χ4n) is 4.34. The molecular weight excluding hydrogens is 342 g/mol.